The number of halogens is 3. The third kappa shape index (κ3) is 4.73. The molecule has 7 nitrogen and oxygen atoms in total. The maximum absolute atomic E-state index is 12.4. The number of aromatic nitrogens is 4. The molecule has 0 saturated carbocycles. The second kappa shape index (κ2) is 9.01. The second-order valence-corrected chi connectivity index (χ2v) is 8.19. The number of thiazole rings is 1. The van der Waals surface area contributed by atoms with E-state index in [1.54, 1.807) is 41.3 Å². The highest BCUT2D eigenvalue weighted by atomic mass is 35.5. The molecule has 152 valence electrons. The van der Waals surface area contributed by atoms with Gasteiger partial charge in [-0.15, -0.1) is 0 Å². The highest BCUT2D eigenvalue weighted by molar-refractivity contribution is 7.18. The SMILES string of the molecule is O=C(COc1ccc(Cl)cc1Cl)Nc1nc(-c2ccc(Cl)cc2)c(-n2cncn2)s1. The molecule has 0 bridgehead atoms. The van der Waals surface area contributed by atoms with E-state index in [2.05, 4.69) is 20.4 Å². The summed E-state index contributed by atoms with van der Waals surface area (Å²) < 4.78 is 7.05. The second-order valence-electron chi connectivity index (χ2n) is 5.93. The van der Waals surface area contributed by atoms with Crippen molar-refractivity contribution in [2.45, 2.75) is 0 Å². The Labute approximate surface area is 190 Å². The molecule has 1 N–H and O–H groups in total. The summed E-state index contributed by atoms with van der Waals surface area (Å²) in [6.45, 7) is -0.240. The van der Waals surface area contributed by atoms with Gasteiger partial charge in [0.2, 0.25) is 0 Å². The first-order chi connectivity index (χ1) is 14.5. The molecular weight excluding hydrogens is 469 g/mol. The summed E-state index contributed by atoms with van der Waals surface area (Å²) in [7, 11) is 0. The molecule has 0 radical (unpaired) electrons. The average molecular weight is 481 g/mol. The number of carbonyl (C=O) groups is 1. The molecule has 0 unspecified atom stereocenters. The fraction of sp³-hybridized carbons (Fsp3) is 0.0526. The molecule has 30 heavy (non-hydrogen) atoms. The van der Waals surface area contributed by atoms with Gasteiger partial charge in [-0.1, -0.05) is 58.3 Å². The van der Waals surface area contributed by atoms with Crippen LogP contribution in [0.3, 0.4) is 0 Å². The molecule has 2 heterocycles. The van der Waals surface area contributed by atoms with Crippen molar-refractivity contribution in [1.82, 2.24) is 19.7 Å². The predicted molar refractivity (Wildman–Crippen MR) is 118 cm³/mol. The molecule has 0 aliphatic rings. The Balaban J connectivity index is 1.53. The topological polar surface area (TPSA) is 81.9 Å². The highest BCUT2D eigenvalue weighted by Gasteiger charge is 2.17. The summed E-state index contributed by atoms with van der Waals surface area (Å²) in [6.07, 6.45) is 2.98. The molecule has 0 fully saturated rings. The number of hydrogen-bond acceptors (Lipinski definition) is 6. The molecule has 2 aromatic carbocycles. The number of carbonyl (C=O) groups excluding carboxylic acids is 1. The number of ether oxygens (including phenoxy) is 1. The molecule has 11 heteroatoms. The van der Waals surface area contributed by atoms with Gasteiger partial charge in [0.1, 0.15) is 29.1 Å². The third-order valence-corrected chi connectivity index (χ3v) is 5.60. The van der Waals surface area contributed by atoms with E-state index >= 15 is 0 Å². The van der Waals surface area contributed by atoms with E-state index in [1.807, 2.05) is 12.1 Å². The zero-order valence-electron chi connectivity index (χ0n) is 15.1. The van der Waals surface area contributed by atoms with E-state index in [0.717, 1.165) is 5.56 Å². The lowest BCUT2D eigenvalue weighted by Gasteiger charge is -2.07. The molecule has 0 atom stereocenters. The van der Waals surface area contributed by atoms with E-state index in [9.17, 15) is 4.79 Å². The van der Waals surface area contributed by atoms with Gasteiger partial charge >= 0.3 is 0 Å². The van der Waals surface area contributed by atoms with Gasteiger partial charge in [-0.05, 0) is 30.3 Å². The van der Waals surface area contributed by atoms with Crippen LogP contribution in [0.25, 0.3) is 16.3 Å². The van der Waals surface area contributed by atoms with Gasteiger partial charge < -0.3 is 4.74 Å². The van der Waals surface area contributed by atoms with Crippen LogP contribution in [0.5, 0.6) is 5.75 Å². The van der Waals surface area contributed by atoms with Crippen molar-refractivity contribution < 1.29 is 9.53 Å². The first kappa shape index (κ1) is 20.6. The Morgan fingerprint density at radius 1 is 1.10 bits per heavy atom. The van der Waals surface area contributed by atoms with Gasteiger partial charge in [0.15, 0.2) is 11.7 Å². The summed E-state index contributed by atoms with van der Waals surface area (Å²) >= 11 is 19.2. The first-order valence-electron chi connectivity index (χ1n) is 8.49. The van der Waals surface area contributed by atoms with Gasteiger partial charge in [-0.25, -0.2) is 14.6 Å². The van der Waals surface area contributed by atoms with Crippen molar-refractivity contribution >= 4 is 57.2 Å². The highest BCUT2D eigenvalue weighted by Crippen LogP contribution is 2.34. The van der Waals surface area contributed by atoms with Crippen LogP contribution in [-0.2, 0) is 4.79 Å². The molecule has 1 amide bonds. The number of amides is 1. The van der Waals surface area contributed by atoms with Crippen LogP contribution in [0.1, 0.15) is 0 Å². The minimum atomic E-state index is -0.387. The van der Waals surface area contributed by atoms with Crippen molar-refractivity contribution in [2.75, 3.05) is 11.9 Å². The first-order valence-corrected chi connectivity index (χ1v) is 10.4. The normalized spacial score (nSPS) is 10.8. The van der Waals surface area contributed by atoms with E-state index in [-0.39, 0.29) is 12.5 Å². The van der Waals surface area contributed by atoms with Crippen molar-refractivity contribution in [3.8, 4) is 22.0 Å². The van der Waals surface area contributed by atoms with Crippen molar-refractivity contribution in [3.63, 3.8) is 0 Å². The van der Waals surface area contributed by atoms with Crippen LogP contribution in [0.15, 0.2) is 55.1 Å². The van der Waals surface area contributed by atoms with Gasteiger partial charge in [-0.3, -0.25) is 10.1 Å². The fourth-order valence-corrected chi connectivity index (χ4v) is 4.04. The average Bonchev–Trinajstić information content (AvgIpc) is 3.38. The number of nitrogens with zero attached hydrogens (tertiary/aromatic N) is 4. The largest absolute Gasteiger partial charge is 0.482 e. The van der Waals surface area contributed by atoms with Crippen molar-refractivity contribution in [3.05, 3.63) is 70.2 Å². The summed E-state index contributed by atoms with van der Waals surface area (Å²) in [5, 5.41) is 9.40. The molecule has 0 spiro atoms. The number of rotatable bonds is 6. The quantitative estimate of drug-likeness (QED) is 0.401. The van der Waals surface area contributed by atoms with Crippen LogP contribution in [-0.4, -0.2) is 32.3 Å². The lowest BCUT2D eigenvalue weighted by Crippen LogP contribution is -2.20. The van der Waals surface area contributed by atoms with Crippen LogP contribution in [0, 0.1) is 0 Å². The predicted octanol–water partition coefficient (Wildman–Crippen LogP) is 5.37. The van der Waals surface area contributed by atoms with E-state index in [4.69, 9.17) is 39.5 Å². The van der Waals surface area contributed by atoms with E-state index < -0.39 is 0 Å². The summed E-state index contributed by atoms with van der Waals surface area (Å²) in [5.74, 6) is -0.0249. The van der Waals surface area contributed by atoms with E-state index in [0.29, 0.717) is 36.6 Å². The Hall–Kier alpha value is -2.65. The molecule has 0 aliphatic heterocycles. The lowest BCUT2D eigenvalue weighted by atomic mass is 10.2. The van der Waals surface area contributed by atoms with Crippen LogP contribution in [0.4, 0.5) is 5.13 Å². The molecule has 4 rings (SSSR count). The number of anilines is 1. The number of nitrogens with one attached hydrogen (secondary N) is 1. The summed E-state index contributed by atoms with van der Waals surface area (Å²) in [6, 6.07) is 12.0. The van der Waals surface area contributed by atoms with Gasteiger partial charge in [0, 0.05) is 15.6 Å². The molecule has 0 aliphatic carbocycles. The zero-order valence-corrected chi connectivity index (χ0v) is 18.1. The molecule has 2 aromatic heterocycles. The number of benzene rings is 2. The maximum Gasteiger partial charge on any atom is 0.264 e. The number of hydrogen-bond donors (Lipinski definition) is 1. The lowest BCUT2D eigenvalue weighted by molar-refractivity contribution is -0.118. The molecule has 4 aromatic rings. The summed E-state index contributed by atoms with van der Waals surface area (Å²) in [5.41, 5.74) is 1.46. The Kier molecular flexibility index (Phi) is 6.19. The monoisotopic (exact) mass is 479 g/mol. The van der Waals surface area contributed by atoms with E-state index in [1.165, 1.54) is 17.7 Å². The molecular formula is C19H12Cl3N5O2S. The van der Waals surface area contributed by atoms with Gasteiger partial charge in [-0.2, -0.15) is 5.10 Å². The van der Waals surface area contributed by atoms with Crippen LogP contribution in [0.2, 0.25) is 15.1 Å². The van der Waals surface area contributed by atoms with Gasteiger partial charge in [0.25, 0.3) is 5.91 Å². The minimum absolute atomic E-state index is 0.240. The maximum atomic E-state index is 12.4. The van der Waals surface area contributed by atoms with Crippen LogP contribution >= 0.6 is 46.1 Å². The molecule has 0 saturated heterocycles. The Morgan fingerprint density at radius 3 is 2.57 bits per heavy atom. The smallest absolute Gasteiger partial charge is 0.264 e. The Bertz CT molecular complexity index is 1180. The van der Waals surface area contributed by atoms with Crippen molar-refractivity contribution in [1.29, 1.82) is 0 Å². The standard InChI is InChI=1S/C19H12Cl3N5O2S/c20-12-3-1-11(2-4-12)17-18(27-10-23-9-24-27)30-19(26-17)25-16(28)8-29-15-6-5-13(21)7-14(15)22/h1-7,9-10H,8H2,(H,25,26,28). The van der Waals surface area contributed by atoms with Crippen molar-refractivity contribution in [2.24, 2.45) is 0 Å². The Morgan fingerprint density at radius 2 is 1.87 bits per heavy atom. The minimum Gasteiger partial charge on any atom is -0.482 e. The summed E-state index contributed by atoms with van der Waals surface area (Å²) in [4.78, 5) is 20.9. The fourth-order valence-electron chi connectivity index (χ4n) is 2.52. The zero-order chi connectivity index (χ0) is 21.1. The van der Waals surface area contributed by atoms with Gasteiger partial charge in [0.05, 0.1) is 5.02 Å². The third-order valence-electron chi connectivity index (χ3n) is 3.85. The van der Waals surface area contributed by atoms with Crippen LogP contribution < -0.4 is 10.1 Å².